The minimum absolute atomic E-state index is 0.0219. The number of rotatable bonds is 7. The first-order valence-corrected chi connectivity index (χ1v) is 9.66. The Morgan fingerprint density at radius 1 is 1.27 bits per heavy atom. The van der Waals surface area contributed by atoms with Crippen LogP contribution in [-0.2, 0) is 10.2 Å². The van der Waals surface area contributed by atoms with E-state index < -0.39 is 5.41 Å². The molecule has 3 aromatic rings. The molecule has 1 aliphatic carbocycles. The Bertz CT molecular complexity index is 832. The molecule has 4 rings (SSSR count). The highest BCUT2D eigenvalue weighted by Crippen LogP contribution is 2.51. The predicted molar refractivity (Wildman–Crippen MR) is 102 cm³/mol. The Kier molecular flexibility index (Phi) is 4.55. The third-order valence-electron chi connectivity index (χ3n) is 5.11. The lowest BCUT2D eigenvalue weighted by Crippen LogP contribution is -2.37. The lowest BCUT2D eigenvalue weighted by atomic mass is 9.93. The monoisotopic (exact) mass is 367 g/mol. The molecule has 4 nitrogen and oxygen atoms in total. The van der Waals surface area contributed by atoms with Crippen LogP contribution in [0, 0.1) is 0 Å². The van der Waals surface area contributed by atoms with E-state index in [0.717, 1.165) is 35.5 Å². The van der Waals surface area contributed by atoms with Crippen molar-refractivity contribution in [3.8, 4) is 5.75 Å². The molecular formula is C21H21NO3S. The number of hydrogen-bond acceptors (Lipinski definition) is 4. The number of furan rings is 1. The van der Waals surface area contributed by atoms with E-state index in [2.05, 4.69) is 16.8 Å². The average molecular weight is 367 g/mol. The van der Waals surface area contributed by atoms with E-state index in [1.807, 2.05) is 41.8 Å². The number of carbonyl (C=O) groups is 1. The molecule has 1 atom stereocenters. The summed E-state index contributed by atoms with van der Waals surface area (Å²) in [6, 6.07) is 13.7. The number of benzene rings is 1. The highest BCUT2D eigenvalue weighted by molar-refractivity contribution is 7.08. The lowest BCUT2D eigenvalue weighted by molar-refractivity contribution is -0.123. The second-order valence-corrected chi connectivity index (χ2v) is 7.40. The first kappa shape index (κ1) is 16.9. The smallest absolute Gasteiger partial charge is 0.230 e. The molecule has 5 heteroatoms. The van der Waals surface area contributed by atoms with Crippen LogP contribution < -0.4 is 10.1 Å². The van der Waals surface area contributed by atoms with Crippen LogP contribution in [0.1, 0.15) is 35.6 Å². The second-order valence-electron chi connectivity index (χ2n) is 6.62. The molecule has 1 amide bonds. The van der Waals surface area contributed by atoms with Crippen molar-refractivity contribution in [1.29, 1.82) is 0 Å². The minimum atomic E-state index is -0.463. The Hall–Kier alpha value is -2.53. The number of methoxy groups -OCH3 is 1. The van der Waals surface area contributed by atoms with Crippen LogP contribution in [0.15, 0.2) is 63.9 Å². The van der Waals surface area contributed by atoms with Crippen molar-refractivity contribution in [2.45, 2.75) is 24.2 Å². The van der Waals surface area contributed by atoms with E-state index >= 15 is 0 Å². The van der Waals surface area contributed by atoms with Gasteiger partial charge < -0.3 is 14.5 Å². The highest BCUT2D eigenvalue weighted by atomic mass is 32.1. The van der Waals surface area contributed by atoms with Gasteiger partial charge in [-0.3, -0.25) is 4.79 Å². The number of thiophene rings is 1. The molecule has 0 saturated heterocycles. The van der Waals surface area contributed by atoms with Crippen molar-refractivity contribution >= 4 is 17.2 Å². The van der Waals surface area contributed by atoms with E-state index in [4.69, 9.17) is 9.15 Å². The summed E-state index contributed by atoms with van der Waals surface area (Å²) < 4.78 is 11.1. The second kappa shape index (κ2) is 7.00. The Morgan fingerprint density at radius 3 is 2.77 bits per heavy atom. The van der Waals surface area contributed by atoms with Crippen LogP contribution in [0.5, 0.6) is 5.75 Å². The van der Waals surface area contributed by atoms with Gasteiger partial charge in [-0.25, -0.2) is 0 Å². The SMILES string of the molecule is COc1ccccc1C1(C(=O)NCC(c2ccsc2)c2ccco2)CC1. The molecule has 134 valence electrons. The number of amides is 1. The van der Waals surface area contributed by atoms with Crippen LogP contribution in [0.25, 0.3) is 0 Å². The van der Waals surface area contributed by atoms with Crippen molar-refractivity contribution < 1.29 is 13.9 Å². The summed E-state index contributed by atoms with van der Waals surface area (Å²) in [6.45, 7) is 0.514. The summed E-state index contributed by atoms with van der Waals surface area (Å²) in [5.74, 6) is 1.73. The third-order valence-corrected chi connectivity index (χ3v) is 5.81. The van der Waals surface area contributed by atoms with Crippen molar-refractivity contribution in [2.24, 2.45) is 0 Å². The zero-order valence-corrected chi connectivity index (χ0v) is 15.4. The molecule has 1 saturated carbocycles. The molecule has 0 aliphatic heterocycles. The molecule has 0 spiro atoms. The maximum absolute atomic E-state index is 13.0. The molecule has 2 aromatic heterocycles. The van der Waals surface area contributed by atoms with Crippen molar-refractivity contribution in [3.63, 3.8) is 0 Å². The van der Waals surface area contributed by atoms with Gasteiger partial charge in [0.15, 0.2) is 0 Å². The zero-order chi connectivity index (χ0) is 18.0. The topological polar surface area (TPSA) is 51.5 Å². The Balaban J connectivity index is 1.53. The molecule has 1 unspecified atom stereocenters. The van der Waals surface area contributed by atoms with E-state index in [1.165, 1.54) is 0 Å². The molecule has 0 radical (unpaired) electrons. The van der Waals surface area contributed by atoms with Crippen LogP contribution in [0.3, 0.4) is 0 Å². The predicted octanol–water partition coefficient (Wildman–Crippen LogP) is 4.33. The quantitative estimate of drug-likeness (QED) is 0.676. The summed E-state index contributed by atoms with van der Waals surface area (Å²) in [5, 5.41) is 7.31. The fraction of sp³-hybridized carbons (Fsp3) is 0.286. The number of ether oxygens (including phenoxy) is 1. The van der Waals surface area contributed by atoms with Gasteiger partial charge >= 0.3 is 0 Å². The summed E-state index contributed by atoms with van der Waals surface area (Å²) in [6.07, 6.45) is 3.37. The van der Waals surface area contributed by atoms with Crippen molar-refractivity contribution in [3.05, 3.63) is 76.4 Å². The van der Waals surface area contributed by atoms with Crippen LogP contribution in [0.4, 0.5) is 0 Å². The van der Waals surface area contributed by atoms with Gasteiger partial charge in [-0.15, -0.1) is 0 Å². The van der Waals surface area contributed by atoms with Gasteiger partial charge in [0.1, 0.15) is 11.5 Å². The molecule has 0 bridgehead atoms. The summed E-state index contributed by atoms with van der Waals surface area (Å²) >= 11 is 1.65. The zero-order valence-electron chi connectivity index (χ0n) is 14.6. The fourth-order valence-corrected chi connectivity index (χ4v) is 4.21. The van der Waals surface area contributed by atoms with Crippen LogP contribution in [0.2, 0.25) is 0 Å². The van der Waals surface area contributed by atoms with Gasteiger partial charge in [0, 0.05) is 12.1 Å². The molecule has 26 heavy (non-hydrogen) atoms. The Labute approximate surface area is 156 Å². The van der Waals surface area contributed by atoms with Gasteiger partial charge in [-0.05, 0) is 53.4 Å². The summed E-state index contributed by atoms with van der Waals surface area (Å²) in [4.78, 5) is 13.0. The minimum Gasteiger partial charge on any atom is -0.496 e. The largest absolute Gasteiger partial charge is 0.496 e. The normalized spacial score (nSPS) is 16.0. The molecule has 1 aromatic carbocycles. The fourth-order valence-electron chi connectivity index (χ4n) is 3.49. The number of carbonyl (C=O) groups excluding carboxylic acids is 1. The summed E-state index contributed by atoms with van der Waals surface area (Å²) in [5.41, 5.74) is 1.67. The van der Waals surface area contributed by atoms with Crippen LogP contribution >= 0.6 is 11.3 Å². The Morgan fingerprint density at radius 2 is 2.12 bits per heavy atom. The number of nitrogens with one attached hydrogen (secondary N) is 1. The first-order valence-electron chi connectivity index (χ1n) is 8.72. The molecule has 1 aliphatic rings. The van der Waals surface area contributed by atoms with Gasteiger partial charge in [0.25, 0.3) is 0 Å². The van der Waals surface area contributed by atoms with Gasteiger partial charge in [-0.2, -0.15) is 11.3 Å². The van der Waals surface area contributed by atoms with E-state index in [9.17, 15) is 4.79 Å². The molecule has 1 N–H and O–H groups in total. The van der Waals surface area contributed by atoms with Gasteiger partial charge in [-0.1, -0.05) is 18.2 Å². The van der Waals surface area contributed by atoms with Crippen molar-refractivity contribution in [1.82, 2.24) is 5.32 Å². The highest BCUT2D eigenvalue weighted by Gasteiger charge is 2.52. The third kappa shape index (κ3) is 3.03. The molecule has 1 fully saturated rings. The van der Waals surface area contributed by atoms with E-state index in [0.29, 0.717) is 6.54 Å². The maximum atomic E-state index is 13.0. The van der Waals surface area contributed by atoms with Crippen molar-refractivity contribution in [2.75, 3.05) is 13.7 Å². The lowest BCUT2D eigenvalue weighted by Gasteiger charge is -2.20. The van der Waals surface area contributed by atoms with E-state index in [-0.39, 0.29) is 11.8 Å². The summed E-state index contributed by atoms with van der Waals surface area (Å²) in [7, 11) is 1.65. The van der Waals surface area contributed by atoms with Gasteiger partial charge in [0.05, 0.1) is 24.7 Å². The average Bonchev–Trinajstić information content (AvgIpc) is 3.07. The van der Waals surface area contributed by atoms with Gasteiger partial charge in [0.2, 0.25) is 5.91 Å². The number of para-hydroxylation sites is 1. The van der Waals surface area contributed by atoms with Crippen LogP contribution in [-0.4, -0.2) is 19.6 Å². The standard InChI is InChI=1S/C21H21NO3S/c1-24-19-6-3-2-5-17(19)21(9-10-21)20(23)22-13-16(15-8-12-26-14-15)18-7-4-11-25-18/h2-8,11-12,14,16H,9-10,13H2,1H3,(H,22,23). The molecule has 2 heterocycles. The maximum Gasteiger partial charge on any atom is 0.230 e. The number of hydrogen-bond donors (Lipinski definition) is 1. The van der Waals surface area contributed by atoms with E-state index in [1.54, 1.807) is 24.7 Å². The molecular weight excluding hydrogens is 346 g/mol. The first-order chi connectivity index (χ1) is 12.7.